The predicted octanol–water partition coefficient (Wildman–Crippen LogP) is 4.04. The molecule has 0 aliphatic heterocycles. The van der Waals surface area contributed by atoms with E-state index in [1.807, 2.05) is 25.1 Å². The minimum atomic E-state index is -0.237. The molecule has 0 unspecified atom stereocenters. The van der Waals surface area contributed by atoms with Crippen molar-refractivity contribution in [2.24, 2.45) is 0 Å². The minimum absolute atomic E-state index is 0.237. The van der Waals surface area contributed by atoms with Crippen molar-refractivity contribution in [2.75, 3.05) is 10.6 Å². The van der Waals surface area contributed by atoms with Gasteiger partial charge in [-0.1, -0.05) is 35.1 Å². The lowest BCUT2D eigenvalue weighted by atomic mass is 10.1. The van der Waals surface area contributed by atoms with Crippen LogP contribution in [0.3, 0.4) is 0 Å². The topological polar surface area (TPSA) is 79.8 Å². The van der Waals surface area contributed by atoms with Crippen molar-refractivity contribution in [3.8, 4) is 10.6 Å². The van der Waals surface area contributed by atoms with Crippen LogP contribution in [0.15, 0.2) is 36.5 Å². The van der Waals surface area contributed by atoms with Gasteiger partial charge in [-0.05, 0) is 44.4 Å². The standard InChI is InChI=1S/C19H19N5OS/c1-11-3-7-15(12(2)9-11)18-23-24-19(26-18)22-17(25)13-4-8-16(20-10-13)21-14-5-6-14/h3-4,7-10,14H,5-6H2,1-2H3,(H,20,21)(H,22,24,25). The number of benzene rings is 1. The zero-order valence-corrected chi connectivity index (χ0v) is 15.4. The second kappa shape index (κ2) is 6.84. The average Bonchev–Trinajstić information content (AvgIpc) is 3.32. The van der Waals surface area contributed by atoms with E-state index >= 15 is 0 Å². The molecule has 0 atom stereocenters. The van der Waals surface area contributed by atoms with Crippen LogP contribution in [0, 0.1) is 13.8 Å². The molecule has 1 saturated carbocycles. The van der Waals surface area contributed by atoms with E-state index < -0.39 is 0 Å². The number of hydrogen-bond acceptors (Lipinski definition) is 6. The molecule has 1 aliphatic rings. The number of nitrogens with zero attached hydrogens (tertiary/aromatic N) is 3. The molecule has 26 heavy (non-hydrogen) atoms. The summed E-state index contributed by atoms with van der Waals surface area (Å²) in [5.41, 5.74) is 3.87. The Balaban J connectivity index is 1.45. The van der Waals surface area contributed by atoms with Gasteiger partial charge in [0.15, 0.2) is 0 Å². The van der Waals surface area contributed by atoms with Crippen LogP contribution in [0.25, 0.3) is 10.6 Å². The zero-order chi connectivity index (χ0) is 18.1. The van der Waals surface area contributed by atoms with Gasteiger partial charge in [0.1, 0.15) is 10.8 Å². The zero-order valence-electron chi connectivity index (χ0n) is 14.6. The third-order valence-electron chi connectivity index (χ3n) is 4.21. The van der Waals surface area contributed by atoms with E-state index in [2.05, 4.69) is 38.8 Å². The molecule has 2 N–H and O–H groups in total. The first-order valence-electron chi connectivity index (χ1n) is 8.53. The number of carbonyl (C=O) groups is 1. The van der Waals surface area contributed by atoms with Gasteiger partial charge in [0.05, 0.1) is 5.56 Å². The second-order valence-electron chi connectivity index (χ2n) is 6.54. The Hall–Kier alpha value is -2.80. The largest absolute Gasteiger partial charge is 0.367 e. The molecule has 1 amide bonds. The molecule has 7 heteroatoms. The van der Waals surface area contributed by atoms with E-state index in [4.69, 9.17) is 0 Å². The Morgan fingerprint density at radius 2 is 2.00 bits per heavy atom. The molecule has 0 bridgehead atoms. The third-order valence-corrected chi connectivity index (χ3v) is 5.08. The van der Waals surface area contributed by atoms with Crippen LogP contribution in [-0.4, -0.2) is 27.1 Å². The summed E-state index contributed by atoms with van der Waals surface area (Å²) < 4.78 is 0. The van der Waals surface area contributed by atoms with Crippen molar-refractivity contribution >= 4 is 28.2 Å². The quantitative estimate of drug-likeness (QED) is 0.713. The molecule has 1 aromatic carbocycles. The van der Waals surface area contributed by atoms with Gasteiger partial charge in [-0.25, -0.2) is 4.98 Å². The first-order valence-corrected chi connectivity index (χ1v) is 9.35. The number of pyridine rings is 1. The third kappa shape index (κ3) is 3.72. The van der Waals surface area contributed by atoms with E-state index in [1.165, 1.54) is 29.7 Å². The summed E-state index contributed by atoms with van der Waals surface area (Å²) in [7, 11) is 0. The van der Waals surface area contributed by atoms with E-state index in [9.17, 15) is 4.79 Å². The van der Waals surface area contributed by atoms with Crippen LogP contribution >= 0.6 is 11.3 Å². The summed E-state index contributed by atoms with van der Waals surface area (Å²) in [6.45, 7) is 4.10. The molecule has 2 aromatic heterocycles. The molecule has 1 fully saturated rings. The second-order valence-corrected chi connectivity index (χ2v) is 7.51. The highest BCUT2D eigenvalue weighted by molar-refractivity contribution is 7.18. The van der Waals surface area contributed by atoms with Crippen molar-refractivity contribution < 1.29 is 4.79 Å². The number of amides is 1. The molecule has 2 heterocycles. The van der Waals surface area contributed by atoms with Crippen molar-refractivity contribution in [1.82, 2.24) is 15.2 Å². The van der Waals surface area contributed by atoms with Gasteiger partial charge in [0.2, 0.25) is 5.13 Å². The fourth-order valence-electron chi connectivity index (χ4n) is 2.66. The van der Waals surface area contributed by atoms with Gasteiger partial charge in [-0.15, -0.1) is 10.2 Å². The highest BCUT2D eigenvalue weighted by Crippen LogP contribution is 2.29. The fourth-order valence-corrected chi connectivity index (χ4v) is 3.48. The molecule has 1 aliphatic carbocycles. The Morgan fingerprint density at radius 3 is 2.69 bits per heavy atom. The molecule has 132 valence electrons. The Morgan fingerprint density at radius 1 is 1.15 bits per heavy atom. The number of aromatic nitrogens is 3. The summed E-state index contributed by atoms with van der Waals surface area (Å²) in [6, 6.07) is 10.3. The maximum absolute atomic E-state index is 12.4. The molecule has 4 rings (SSSR count). The van der Waals surface area contributed by atoms with Crippen molar-refractivity contribution in [1.29, 1.82) is 0 Å². The van der Waals surface area contributed by atoms with E-state index in [1.54, 1.807) is 12.3 Å². The van der Waals surface area contributed by atoms with Gasteiger partial charge in [0.25, 0.3) is 5.91 Å². The van der Waals surface area contributed by atoms with Crippen LogP contribution in [0.1, 0.15) is 34.3 Å². The van der Waals surface area contributed by atoms with Gasteiger partial charge in [0, 0.05) is 17.8 Å². The van der Waals surface area contributed by atoms with Gasteiger partial charge < -0.3 is 5.32 Å². The van der Waals surface area contributed by atoms with Gasteiger partial charge >= 0.3 is 0 Å². The van der Waals surface area contributed by atoms with E-state index in [0.29, 0.717) is 16.7 Å². The lowest BCUT2D eigenvalue weighted by Gasteiger charge is -2.05. The lowest BCUT2D eigenvalue weighted by molar-refractivity contribution is 0.102. The van der Waals surface area contributed by atoms with Crippen LogP contribution in [-0.2, 0) is 0 Å². The molecular formula is C19H19N5OS. The van der Waals surface area contributed by atoms with Crippen molar-refractivity contribution in [2.45, 2.75) is 32.7 Å². The number of aryl methyl sites for hydroxylation is 2. The normalized spacial score (nSPS) is 13.5. The Labute approximate surface area is 155 Å². The van der Waals surface area contributed by atoms with Gasteiger partial charge in [-0.2, -0.15) is 0 Å². The molecule has 6 nitrogen and oxygen atoms in total. The monoisotopic (exact) mass is 365 g/mol. The maximum Gasteiger partial charge on any atom is 0.259 e. The maximum atomic E-state index is 12.4. The average molecular weight is 365 g/mol. The van der Waals surface area contributed by atoms with Crippen LogP contribution in [0.2, 0.25) is 0 Å². The first-order chi connectivity index (χ1) is 12.6. The summed E-state index contributed by atoms with van der Waals surface area (Å²) in [5, 5.41) is 15.7. The molecule has 3 aromatic rings. The summed E-state index contributed by atoms with van der Waals surface area (Å²) in [4.78, 5) is 16.7. The smallest absolute Gasteiger partial charge is 0.259 e. The fraction of sp³-hybridized carbons (Fsp3) is 0.263. The van der Waals surface area contributed by atoms with E-state index in [0.717, 1.165) is 22.0 Å². The lowest BCUT2D eigenvalue weighted by Crippen LogP contribution is -2.12. The van der Waals surface area contributed by atoms with Crippen LogP contribution in [0.4, 0.5) is 10.9 Å². The van der Waals surface area contributed by atoms with Crippen molar-refractivity contribution in [3.63, 3.8) is 0 Å². The summed E-state index contributed by atoms with van der Waals surface area (Å²) in [6.07, 6.45) is 3.94. The number of carbonyl (C=O) groups excluding carboxylic acids is 1. The number of anilines is 2. The minimum Gasteiger partial charge on any atom is -0.367 e. The first kappa shape index (κ1) is 16.7. The van der Waals surface area contributed by atoms with Crippen LogP contribution < -0.4 is 10.6 Å². The molecule has 0 spiro atoms. The van der Waals surface area contributed by atoms with Crippen molar-refractivity contribution in [3.05, 3.63) is 53.2 Å². The molecular weight excluding hydrogens is 346 g/mol. The van der Waals surface area contributed by atoms with Crippen LogP contribution in [0.5, 0.6) is 0 Å². The van der Waals surface area contributed by atoms with Gasteiger partial charge in [-0.3, -0.25) is 10.1 Å². The summed E-state index contributed by atoms with van der Waals surface area (Å²) >= 11 is 1.36. The number of hydrogen-bond donors (Lipinski definition) is 2. The Bertz CT molecular complexity index is 947. The number of rotatable bonds is 5. The van der Waals surface area contributed by atoms with E-state index in [-0.39, 0.29) is 5.91 Å². The molecule has 0 saturated heterocycles. The predicted molar refractivity (Wildman–Crippen MR) is 104 cm³/mol. The molecule has 0 radical (unpaired) electrons. The highest BCUT2D eigenvalue weighted by atomic mass is 32.1. The Kier molecular flexibility index (Phi) is 4.38. The SMILES string of the molecule is Cc1ccc(-c2nnc(NC(=O)c3ccc(NC4CC4)nc3)s2)c(C)c1. The number of nitrogens with one attached hydrogen (secondary N) is 2. The highest BCUT2D eigenvalue weighted by Gasteiger charge is 2.21. The summed E-state index contributed by atoms with van der Waals surface area (Å²) in [5.74, 6) is 0.566.